The molecule has 0 amide bonds. The molecule has 0 saturated heterocycles. The van der Waals surface area contributed by atoms with Gasteiger partial charge in [-0.25, -0.2) is 13.4 Å². The summed E-state index contributed by atoms with van der Waals surface area (Å²) in [5.41, 5.74) is -0.611. The van der Waals surface area contributed by atoms with Crippen molar-refractivity contribution in [3.8, 4) is 11.3 Å². The maximum Gasteiger partial charge on any atom is 0.418 e. The van der Waals surface area contributed by atoms with Crippen molar-refractivity contribution < 1.29 is 26.0 Å². The zero-order valence-corrected chi connectivity index (χ0v) is 15.4. The summed E-state index contributed by atoms with van der Waals surface area (Å²) in [5.74, 6) is -1.68. The Hall–Kier alpha value is -2.81. The van der Waals surface area contributed by atoms with Gasteiger partial charge in [0.15, 0.2) is 5.03 Å². The average Bonchev–Trinajstić information content (AvgIpc) is 2.61. The molecule has 0 aliphatic rings. The summed E-state index contributed by atoms with van der Waals surface area (Å²) in [7, 11) is -4.09. The molecule has 0 aliphatic carbocycles. The Morgan fingerprint density at radius 3 is 2.29 bits per heavy atom. The van der Waals surface area contributed by atoms with Gasteiger partial charge in [-0.3, -0.25) is 4.98 Å². The van der Waals surface area contributed by atoms with E-state index in [0.717, 1.165) is 24.3 Å². The smallest absolute Gasteiger partial charge is 0.251 e. The van der Waals surface area contributed by atoms with Gasteiger partial charge in [0.1, 0.15) is 0 Å². The third-order valence-corrected chi connectivity index (χ3v) is 5.55. The highest BCUT2D eigenvalue weighted by Gasteiger charge is 2.35. The highest BCUT2D eigenvalue weighted by atomic mass is 32.2. The number of halogens is 4. The van der Waals surface area contributed by atoms with E-state index in [0.29, 0.717) is 5.56 Å². The van der Waals surface area contributed by atoms with Gasteiger partial charge in [0.2, 0.25) is 15.8 Å². The van der Waals surface area contributed by atoms with Gasteiger partial charge in [-0.2, -0.15) is 17.6 Å². The van der Waals surface area contributed by atoms with Crippen molar-refractivity contribution in [2.24, 2.45) is 0 Å². The van der Waals surface area contributed by atoms with E-state index in [1.54, 1.807) is 25.1 Å². The fourth-order valence-electron chi connectivity index (χ4n) is 2.68. The first-order chi connectivity index (χ1) is 13.1. The van der Waals surface area contributed by atoms with Crippen molar-refractivity contribution in [2.45, 2.75) is 23.9 Å². The summed E-state index contributed by atoms with van der Waals surface area (Å²) in [6, 6.07) is 11.5. The molecule has 1 aromatic carbocycles. The zero-order valence-electron chi connectivity index (χ0n) is 14.5. The Bertz CT molecular complexity index is 1130. The normalized spacial score (nSPS) is 12.2. The fourth-order valence-corrected chi connectivity index (χ4v) is 3.89. The van der Waals surface area contributed by atoms with Gasteiger partial charge >= 0.3 is 6.18 Å². The first kappa shape index (κ1) is 19.9. The summed E-state index contributed by atoms with van der Waals surface area (Å²) in [4.78, 5) is 7.31. The largest absolute Gasteiger partial charge is 0.418 e. The molecule has 146 valence electrons. The molecular formula is C19H14F4N2O2S. The molecular weight excluding hydrogens is 396 g/mol. The molecule has 0 radical (unpaired) electrons. The average molecular weight is 410 g/mol. The van der Waals surface area contributed by atoms with E-state index in [9.17, 15) is 26.0 Å². The summed E-state index contributed by atoms with van der Waals surface area (Å²) in [5, 5.41) is -0.508. The van der Waals surface area contributed by atoms with Gasteiger partial charge in [0.25, 0.3) is 0 Å². The molecule has 0 N–H and O–H groups in total. The summed E-state index contributed by atoms with van der Waals surface area (Å²) < 4.78 is 78.5. The lowest BCUT2D eigenvalue weighted by Gasteiger charge is -2.15. The van der Waals surface area contributed by atoms with Gasteiger partial charge in [-0.15, -0.1) is 0 Å². The predicted molar refractivity (Wildman–Crippen MR) is 94.5 cm³/mol. The molecule has 0 saturated carbocycles. The van der Waals surface area contributed by atoms with Crippen molar-refractivity contribution >= 4 is 9.84 Å². The number of sulfone groups is 1. The summed E-state index contributed by atoms with van der Waals surface area (Å²) in [6.07, 6.45) is -4.66. The highest BCUT2D eigenvalue weighted by molar-refractivity contribution is 7.90. The number of benzene rings is 1. The number of hydrogen-bond acceptors (Lipinski definition) is 4. The lowest BCUT2D eigenvalue weighted by Crippen LogP contribution is -2.13. The second kappa shape index (κ2) is 7.31. The van der Waals surface area contributed by atoms with E-state index in [1.807, 2.05) is 0 Å². The number of alkyl halides is 3. The number of aryl methyl sites for hydroxylation is 1. The zero-order chi connectivity index (χ0) is 20.5. The topological polar surface area (TPSA) is 59.9 Å². The number of nitrogens with zero attached hydrogens (tertiary/aromatic N) is 2. The van der Waals surface area contributed by atoms with E-state index < -0.39 is 38.3 Å². The van der Waals surface area contributed by atoms with Crippen LogP contribution in [0.15, 0.2) is 59.6 Å². The Labute approximate surface area is 158 Å². The lowest BCUT2D eigenvalue weighted by molar-refractivity contribution is -0.137. The lowest BCUT2D eigenvalue weighted by atomic mass is 10.0. The Kier molecular flexibility index (Phi) is 5.20. The van der Waals surface area contributed by atoms with Crippen LogP contribution in [0.2, 0.25) is 0 Å². The van der Waals surface area contributed by atoms with Gasteiger partial charge in [0.05, 0.1) is 22.7 Å². The molecule has 0 unspecified atom stereocenters. The maximum absolute atomic E-state index is 13.4. The van der Waals surface area contributed by atoms with Crippen molar-refractivity contribution in [1.82, 2.24) is 9.97 Å². The van der Waals surface area contributed by atoms with Crippen LogP contribution in [0, 0.1) is 12.9 Å². The third kappa shape index (κ3) is 4.19. The summed E-state index contributed by atoms with van der Waals surface area (Å²) in [6.45, 7) is 1.64. The van der Waals surface area contributed by atoms with Crippen molar-refractivity contribution in [3.05, 3.63) is 77.4 Å². The first-order valence-electron chi connectivity index (χ1n) is 8.06. The molecule has 2 aromatic heterocycles. The van der Waals surface area contributed by atoms with Crippen LogP contribution in [-0.4, -0.2) is 18.4 Å². The van der Waals surface area contributed by atoms with E-state index in [4.69, 9.17) is 0 Å². The Morgan fingerprint density at radius 1 is 0.929 bits per heavy atom. The van der Waals surface area contributed by atoms with Gasteiger partial charge < -0.3 is 0 Å². The standard InChI is InChI=1S/C19H14F4N2O2S/c1-12-5-2-3-6-14(12)18-15(19(21,22)23)10-9-13(24-18)11-28(26,27)17-8-4-7-16(20)25-17/h2-10H,11H2,1H3. The second-order valence-electron chi connectivity index (χ2n) is 6.07. The van der Waals surface area contributed by atoms with Crippen LogP contribution >= 0.6 is 0 Å². The van der Waals surface area contributed by atoms with Crippen LogP contribution in [-0.2, 0) is 21.8 Å². The minimum absolute atomic E-state index is 0.0997. The molecule has 0 spiro atoms. The molecule has 0 aliphatic heterocycles. The van der Waals surface area contributed by atoms with E-state index in [-0.39, 0.29) is 17.0 Å². The van der Waals surface area contributed by atoms with Gasteiger partial charge in [-0.1, -0.05) is 30.3 Å². The van der Waals surface area contributed by atoms with Gasteiger partial charge in [0, 0.05) is 5.56 Å². The SMILES string of the molecule is Cc1ccccc1-c1nc(CS(=O)(=O)c2cccc(F)n2)ccc1C(F)(F)F. The molecule has 0 bridgehead atoms. The molecule has 0 atom stereocenters. The Morgan fingerprint density at radius 2 is 1.64 bits per heavy atom. The van der Waals surface area contributed by atoms with Crippen LogP contribution in [0.25, 0.3) is 11.3 Å². The molecule has 4 nitrogen and oxygen atoms in total. The van der Waals surface area contributed by atoms with Crippen LogP contribution in [0.1, 0.15) is 16.8 Å². The van der Waals surface area contributed by atoms with Crippen molar-refractivity contribution in [3.63, 3.8) is 0 Å². The number of hydrogen-bond donors (Lipinski definition) is 0. The van der Waals surface area contributed by atoms with Crippen LogP contribution < -0.4 is 0 Å². The van der Waals surface area contributed by atoms with E-state index in [1.165, 1.54) is 12.1 Å². The quantitative estimate of drug-likeness (QED) is 0.467. The van der Waals surface area contributed by atoms with Crippen molar-refractivity contribution in [1.29, 1.82) is 0 Å². The second-order valence-corrected chi connectivity index (χ2v) is 8.01. The molecule has 2 heterocycles. The van der Waals surface area contributed by atoms with E-state index >= 15 is 0 Å². The van der Waals surface area contributed by atoms with Crippen LogP contribution in [0.3, 0.4) is 0 Å². The molecule has 9 heteroatoms. The first-order valence-corrected chi connectivity index (χ1v) is 9.71. The van der Waals surface area contributed by atoms with Crippen LogP contribution in [0.4, 0.5) is 17.6 Å². The fraction of sp³-hybridized carbons (Fsp3) is 0.158. The number of aromatic nitrogens is 2. The van der Waals surface area contributed by atoms with Crippen molar-refractivity contribution in [2.75, 3.05) is 0 Å². The summed E-state index contributed by atoms with van der Waals surface area (Å²) >= 11 is 0. The van der Waals surface area contributed by atoms with Gasteiger partial charge in [-0.05, 0) is 36.8 Å². The molecule has 0 fully saturated rings. The number of rotatable bonds is 4. The minimum Gasteiger partial charge on any atom is -0.251 e. The predicted octanol–water partition coefficient (Wildman–Crippen LogP) is 4.58. The maximum atomic E-state index is 13.4. The minimum atomic E-state index is -4.66. The number of pyridine rings is 2. The monoisotopic (exact) mass is 410 g/mol. The van der Waals surface area contributed by atoms with E-state index in [2.05, 4.69) is 9.97 Å². The molecule has 3 aromatic rings. The highest BCUT2D eigenvalue weighted by Crippen LogP contribution is 2.37. The Balaban J connectivity index is 2.09. The third-order valence-electron chi connectivity index (χ3n) is 4.00. The molecule has 28 heavy (non-hydrogen) atoms. The van der Waals surface area contributed by atoms with Crippen LogP contribution in [0.5, 0.6) is 0 Å². The molecule has 3 rings (SSSR count).